The molecule has 2 nitrogen and oxygen atoms in total. The molecule has 1 rings (SSSR count). The van der Waals surface area contributed by atoms with Gasteiger partial charge in [-0.2, -0.15) is 11.8 Å². The summed E-state index contributed by atoms with van der Waals surface area (Å²) in [6.45, 7) is 5.99. The summed E-state index contributed by atoms with van der Waals surface area (Å²) in [4.78, 5) is 0. The average Bonchev–Trinajstić information content (AvgIpc) is 2.34. The normalized spacial score (nSPS) is 11.3. The van der Waals surface area contributed by atoms with E-state index in [1.165, 1.54) is 22.6 Å². The van der Waals surface area contributed by atoms with Gasteiger partial charge in [0.15, 0.2) is 0 Å². The lowest BCUT2D eigenvalue weighted by atomic mass is 10.1. The number of nitrogens with two attached hydrogens (primary N) is 1. The molecule has 0 spiro atoms. The van der Waals surface area contributed by atoms with Crippen LogP contribution in [0.15, 0.2) is 24.3 Å². The van der Waals surface area contributed by atoms with Crippen LogP contribution in [0.1, 0.15) is 25.0 Å². The van der Waals surface area contributed by atoms with Gasteiger partial charge in [-0.05, 0) is 23.8 Å². The Hall–Kier alpha value is 0.0700. The zero-order valence-corrected chi connectivity index (χ0v) is 13.5. The molecule has 0 fully saturated rings. The highest BCUT2D eigenvalue weighted by Gasteiger charge is 2.00. The summed E-state index contributed by atoms with van der Waals surface area (Å²) in [5.74, 6) is 2.37. The first-order chi connectivity index (χ1) is 7.76. The van der Waals surface area contributed by atoms with Gasteiger partial charge in [0.25, 0.3) is 0 Å². The number of nitrogens with one attached hydrogen (secondary N) is 1. The van der Waals surface area contributed by atoms with Gasteiger partial charge in [-0.1, -0.05) is 31.2 Å². The van der Waals surface area contributed by atoms with Crippen molar-refractivity contribution >= 4 is 36.6 Å². The van der Waals surface area contributed by atoms with E-state index < -0.39 is 0 Å². The summed E-state index contributed by atoms with van der Waals surface area (Å²) >= 11 is 1.98. The third kappa shape index (κ3) is 8.22. The lowest BCUT2D eigenvalue weighted by Gasteiger charge is -2.13. The van der Waals surface area contributed by atoms with E-state index in [1.54, 1.807) is 0 Å². The molecule has 0 aliphatic heterocycles. The number of thioether (sulfide) groups is 1. The molecule has 0 saturated heterocycles. The zero-order chi connectivity index (χ0) is 11.8. The van der Waals surface area contributed by atoms with E-state index in [0.717, 1.165) is 6.54 Å². The van der Waals surface area contributed by atoms with Gasteiger partial charge in [0, 0.05) is 24.9 Å². The van der Waals surface area contributed by atoms with E-state index in [0.29, 0.717) is 12.6 Å². The first kappa shape index (κ1) is 20.4. The summed E-state index contributed by atoms with van der Waals surface area (Å²) < 4.78 is 0. The Kier molecular flexibility index (Phi) is 13.7. The molecule has 0 radical (unpaired) electrons. The topological polar surface area (TPSA) is 38.0 Å². The summed E-state index contributed by atoms with van der Waals surface area (Å²) in [6.07, 6.45) is 0. The van der Waals surface area contributed by atoms with Crippen molar-refractivity contribution in [3.63, 3.8) is 0 Å². The first-order valence-electron chi connectivity index (χ1n) is 5.85. The fraction of sp³-hybridized carbons (Fsp3) is 0.538. The molecule has 1 aromatic carbocycles. The van der Waals surface area contributed by atoms with Crippen LogP contribution in [-0.2, 0) is 13.1 Å². The number of halogens is 2. The van der Waals surface area contributed by atoms with E-state index >= 15 is 0 Å². The number of rotatable bonds is 7. The van der Waals surface area contributed by atoms with Crippen LogP contribution in [0, 0.1) is 0 Å². The minimum absolute atomic E-state index is 0. The zero-order valence-electron chi connectivity index (χ0n) is 11.0. The standard InChI is InChI=1S/C13H22N2S.2ClH/c1-3-16-10-11(2)15-9-13-6-4-12(8-14)5-7-13;;/h4-7,11,15H,3,8-10,14H2,1-2H3;2*1H. The molecule has 0 saturated carbocycles. The smallest absolute Gasteiger partial charge is 0.0208 e. The molecule has 5 heteroatoms. The number of hydrogen-bond donors (Lipinski definition) is 2. The molecule has 1 atom stereocenters. The van der Waals surface area contributed by atoms with Crippen molar-refractivity contribution < 1.29 is 0 Å². The number of hydrogen-bond acceptors (Lipinski definition) is 3. The predicted octanol–water partition coefficient (Wildman–Crippen LogP) is 3.22. The molecule has 0 heterocycles. The van der Waals surface area contributed by atoms with Crippen LogP contribution in [0.5, 0.6) is 0 Å². The van der Waals surface area contributed by atoms with Crippen LogP contribution in [-0.4, -0.2) is 17.5 Å². The second kappa shape index (κ2) is 12.1. The summed E-state index contributed by atoms with van der Waals surface area (Å²) in [7, 11) is 0. The fourth-order valence-corrected chi connectivity index (χ4v) is 2.15. The first-order valence-corrected chi connectivity index (χ1v) is 7.00. The van der Waals surface area contributed by atoms with E-state index in [4.69, 9.17) is 5.73 Å². The van der Waals surface area contributed by atoms with Crippen molar-refractivity contribution in [1.29, 1.82) is 0 Å². The highest BCUT2D eigenvalue weighted by Crippen LogP contribution is 2.05. The van der Waals surface area contributed by atoms with Crippen molar-refractivity contribution in [1.82, 2.24) is 5.32 Å². The molecule has 106 valence electrons. The predicted molar refractivity (Wildman–Crippen MR) is 88.1 cm³/mol. The minimum atomic E-state index is 0. The lowest BCUT2D eigenvalue weighted by Crippen LogP contribution is -2.27. The van der Waals surface area contributed by atoms with Crippen molar-refractivity contribution in [2.75, 3.05) is 11.5 Å². The quantitative estimate of drug-likeness (QED) is 0.812. The molecule has 18 heavy (non-hydrogen) atoms. The Labute approximate surface area is 127 Å². The Morgan fingerprint density at radius 2 is 1.72 bits per heavy atom. The molecule has 0 aliphatic rings. The largest absolute Gasteiger partial charge is 0.326 e. The molecular formula is C13H24Cl2N2S. The Morgan fingerprint density at radius 1 is 1.17 bits per heavy atom. The number of benzene rings is 1. The SMILES string of the molecule is CCSCC(C)NCc1ccc(CN)cc1.Cl.Cl. The van der Waals surface area contributed by atoms with E-state index in [1.807, 2.05) is 11.8 Å². The van der Waals surface area contributed by atoms with Gasteiger partial charge >= 0.3 is 0 Å². The molecular weight excluding hydrogens is 287 g/mol. The lowest BCUT2D eigenvalue weighted by molar-refractivity contribution is 0.596. The third-order valence-electron chi connectivity index (χ3n) is 2.49. The summed E-state index contributed by atoms with van der Waals surface area (Å²) in [5.41, 5.74) is 8.08. The molecule has 0 bridgehead atoms. The van der Waals surface area contributed by atoms with Gasteiger partial charge in [-0.15, -0.1) is 24.8 Å². The molecule has 0 amide bonds. The Bertz CT molecular complexity index is 294. The van der Waals surface area contributed by atoms with Crippen molar-refractivity contribution in [2.24, 2.45) is 5.73 Å². The second-order valence-electron chi connectivity index (χ2n) is 3.96. The van der Waals surface area contributed by atoms with Crippen molar-refractivity contribution in [2.45, 2.75) is 33.0 Å². The molecule has 1 aromatic rings. The van der Waals surface area contributed by atoms with Gasteiger partial charge in [0.05, 0.1) is 0 Å². The van der Waals surface area contributed by atoms with Crippen LogP contribution in [0.4, 0.5) is 0 Å². The minimum Gasteiger partial charge on any atom is -0.326 e. The average molecular weight is 311 g/mol. The van der Waals surface area contributed by atoms with Gasteiger partial charge in [-0.3, -0.25) is 0 Å². The van der Waals surface area contributed by atoms with E-state index in [2.05, 4.69) is 43.4 Å². The second-order valence-corrected chi connectivity index (χ2v) is 5.28. The molecule has 0 aromatic heterocycles. The monoisotopic (exact) mass is 310 g/mol. The fourth-order valence-electron chi connectivity index (χ4n) is 1.44. The highest BCUT2D eigenvalue weighted by atomic mass is 35.5. The van der Waals surface area contributed by atoms with Gasteiger partial charge in [-0.25, -0.2) is 0 Å². The van der Waals surface area contributed by atoms with Crippen molar-refractivity contribution in [3.05, 3.63) is 35.4 Å². The molecule has 0 aliphatic carbocycles. The maximum Gasteiger partial charge on any atom is 0.0208 e. The van der Waals surface area contributed by atoms with E-state index in [-0.39, 0.29) is 24.8 Å². The van der Waals surface area contributed by atoms with Gasteiger partial charge < -0.3 is 11.1 Å². The van der Waals surface area contributed by atoms with Crippen LogP contribution in [0.3, 0.4) is 0 Å². The van der Waals surface area contributed by atoms with Crippen LogP contribution >= 0.6 is 36.6 Å². The van der Waals surface area contributed by atoms with Gasteiger partial charge in [0.2, 0.25) is 0 Å². The molecule has 3 N–H and O–H groups in total. The Balaban J connectivity index is 0. The maximum absolute atomic E-state index is 5.56. The third-order valence-corrected chi connectivity index (χ3v) is 3.63. The maximum atomic E-state index is 5.56. The van der Waals surface area contributed by atoms with Crippen LogP contribution < -0.4 is 11.1 Å². The molecule has 1 unspecified atom stereocenters. The van der Waals surface area contributed by atoms with E-state index in [9.17, 15) is 0 Å². The summed E-state index contributed by atoms with van der Waals surface area (Å²) in [6, 6.07) is 9.06. The summed E-state index contributed by atoms with van der Waals surface area (Å²) in [5, 5.41) is 3.52. The Morgan fingerprint density at radius 3 is 2.22 bits per heavy atom. The van der Waals surface area contributed by atoms with Crippen LogP contribution in [0.2, 0.25) is 0 Å². The van der Waals surface area contributed by atoms with Gasteiger partial charge in [0.1, 0.15) is 0 Å². The van der Waals surface area contributed by atoms with Crippen LogP contribution in [0.25, 0.3) is 0 Å². The van der Waals surface area contributed by atoms with Crippen molar-refractivity contribution in [3.8, 4) is 0 Å². The highest BCUT2D eigenvalue weighted by molar-refractivity contribution is 7.99.